The van der Waals surface area contributed by atoms with Crippen LogP contribution in [-0.2, 0) is 4.74 Å². The zero-order chi connectivity index (χ0) is 19.1. The molecule has 0 amide bonds. The fraction of sp³-hybridized carbons (Fsp3) is 0.667. The van der Waals surface area contributed by atoms with E-state index in [-0.39, 0.29) is 24.0 Å². The van der Waals surface area contributed by atoms with E-state index >= 15 is 0 Å². The molecule has 3 atom stereocenters. The van der Waals surface area contributed by atoms with Gasteiger partial charge in [-0.1, -0.05) is 18.2 Å². The summed E-state index contributed by atoms with van der Waals surface area (Å²) in [5.74, 6) is 0.935. The number of morpholine rings is 1. The van der Waals surface area contributed by atoms with Crippen LogP contribution in [0.1, 0.15) is 27.2 Å². The van der Waals surface area contributed by atoms with E-state index in [2.05, 4.69) is 71.5 Å². The third-order valence-electron chi connectivity index (χ3n) is 5.49. The number of nitrogens with zero attached hydrogens (tertiary/aromatic N) is 3. The molecule has 1 aromatic carbocycles. The monoisotopic (exact) mass is 501 g/mol. The summed E-state index contributed by atoms with van der Waals surface area (Å²) in [7, 11) is 0. The van der Waals surface area contributed by atoms with Gasteiger partial charge in [0.15, 0.2) is 5.96 Å². The van der Waals surface area contributed by atoms with E-state index in [1.54, 1.807) is 0 Å². The molecule has 158 valence electrons. The van der Waals surface area contributed by atoms with E-state index < -0.39 is 0 Å². The number of benzene rings is 1. The maximum atomic E-state index is 5.55. The number of halogens is 1. The lowest BCUT2D eigenvalue weighted by Gasteiger charge is -2.37. The van der Waals surface area contributed by atoms with Crippen LogP contribution in [0.2, 0.25) is 0 Å². The van der Waals surface area contributed by atoms with Crippen molar-refractivity contribution >= 4 is 35.6 Å². The number of guanidine groups is 1. The first-order chi connectivity index (χ1) is 13.2. The smallest absolute Gasteiger partial charge is 0.191 e. The van der Waals surface area contributed by atoms with Crippen LogP contribution in [0.5, 0.6) is 0 Å². The second-order valence-electron chi connectivity index (χ2n) is 7.64. The number of ether oxygens (including phenoxy) is 1. The molecule has 3 unspecified atom stereocenters. The van der Waals surface area contributed by atoms with Crippen molar-refractivity contribution in [3.05, 3.63) is 30.3 Å². The van der Waals surface area contributed by atoms with Crippen molar-refractivity contribution in [1.29, 1.82) is 0 Å². The molecule has 0 spiro atoms. The summed E-state index contributed by atoms with van der Waals surface area (Å²) in [5.41, 5.74) is 1.30. The number of rotatable bonds is 6. The van der Waals surface area contributed by atoms with Crippen molar-refractivity contribution in [3.8, 4) is 0 Å². The van der Waals surface area contributed by atoms with Crippen LogP contribution in [0.3, 0.4) is 0 Å². The van der Waals surface area contributed by atoms with E-state index in [0.717, 1.165) is 58.3 Å². The Labute approximate surface area is 187 Å². The Kier molecular flexibility index (Phi) is 9.81. The first-order valence-electron chi connectivity index (χ1n) is 10.4. The normalized spacial score (nSPS) is 24.5. The number of para-hydroxylation sites is 1. The van der Waals surface area contributed by atoms with E-state index in [0.29, 0.717) is 18.1 Å². The van der Waals surface area contributed by atoms with Crippen molar-refractivity contribution in [2.24, 2.45) is 4.99 Å². The van der Waals surface area contributed by atoms with Crippen molar-refractivity contribution in [2.45, 2.75) is 45.3 Å². The number of hydrogen-bond acceptors (Lipinski definition) is 4. The summed E-state index contributed by atoms with van der Waals surface area (Å²) in [6.07, 6.45) is 1.13. The zero-order valence-electron chi connectivity index (χ0n) is 17.4. The lowest BCUT2D eigenvalue weighted by atomic mass is 10.2. The molecule has 3 rings (SSSR count). The van der Waals surface area contributed by atoms with Gasteiger partial charge < -0.3 is 20.3 Å². The van der Waals surface area contributed by atoms with E-state index in [4.69, 9.17) is 9.73 Å². The SMILES string of the molecule is CCNC(=NCC(C)N1CCOCC1C)NC1CCN(c2ccccc2)C1.I. The molecular formula is C21H36IN5O. The molecule has 2 heterocycles. The third-order valence-corrected chi connectivity index (χ3v) is 5.49. The summed E-state index contributed by atoms with van der Waals surface area (Å²) in [6.45, 7) is 13.1. The van der Waals surface area contributed by atoms with Gasteiger partial charge in [-0.2, -0.15) is 0 Å². The first-order valence-corrected chi connectivity index (χ1v) is 10.4. The minimum atomic E-state index is 0. The Hall–Kier alpha value is -1.06. The van der Waals surface area contributed by atoms with Crippen molar-refractivity contribution < 1.29 is 4.74 Å². The fourth-order valence-corrected chi connectivity index (χ4v) is 3.99. The van der Waals surface area contributed by atoms with Crippen LogP contribution in [0.4, 0.5) is 5.69 Å². The fourth-order valence-electron chi connectivity index (χ4n) is 3.99. The summed E-state index contributed by atoms with van der Waals surface area (Å²) < 4.78 is 5.55. The zero-order valence-corrected chi connectivity index (χ0v) is 19.8. The number of hydrogen-bond donors (Lipinski definition) is 2. The van der Waals surface area contributed by atoms with Crippen molar-refractivity contribution in [1.82, 2.24) is 15.5 Å². The van der Waals surface area contributed by atoms with E-state index in [1.807, 2.05) is 0 Å². The van der Waals surface area contributed by atoms with Crippen LogP contribution < -0.4 is 15.5 Å². The predicted molar refractivity (Wildman–Crippen MR) is 128 cm³/mol. The summed E-state index contributed by atoms with van der Waals surface area (Å²) >= 11 is 0. The minimum absolute atomic E-state index is 0. The lowest BCUT2D eigenvalue weighted by Crippen LogP contribution is -2.50. The van der Waals surface area contributed by atoms with Gasteiger partial charge in [0.25, 0.3) is 0 Å². The molecule has 1 aromatic rings. The van der Waals surface area contributed by atoms with Crippen LogP contribution in [-0.4, -0.2) is 74.9 Å². The number of nitrogens with one attached hydrogen (secondary N) is 2. The van der Waals surface area contributed by atoms with Crippen LogP contribution >= 0.6 is 24.0 Å². The standard InChI is InChI=1S/C21H35N5O.HI/c1-4-22-21(23-14-17(2)26-12-13-27-16-18(26)3)24-19-10-11-25(15-19)20-8-6-5-7-9-20;/h5-9,17-19H,4,10-16H2,1-3H3,(H2,22,23,24);1H. The van der Waals surface area contributed by atoms with Crippen molar-refractivity contribution in [2.75, 3.05) is 50.8 Å². The molecule has 2 aliphatic heterocycles. The van der Waals surface area contributed by atoms with Gasteiger partial charge >= 0.3 is 0 Å². The van der Waals surface area contributed by atoms with Gasteiger partial charge in [-0.15, -0.1) is 24.0 Å². The van der Waals surface area contributed by atoms with Crippen LogP contribution in [0.15, 0.2) is 35.3 Å². The van der Waals surface area contributed by atoms with Gasteiger partial charge in [0.2, 0.25) is 0 Å². The van der Waals surface area contributed by atoms with Crippen LogP contribution in [0.25, 0.3) is 0 Å². The second kappa shape index (κ2) is 11.8. The highest BCUT2D eigenvalue weighted by atomic mass is 127. The molecule has 6 nitrogen and oxygen atoms in total. The molecule has 2 aliphatic rings. The minimum Gasteiger partial charge on any atom is -0.379 e. The second-order valence-corrected chi connectivity index (χ2v) is 7.64. The largest absolute Gasteiger partial charge is 0.379 e. The van der Waals surface area contributed by atoms with E-state index in [9.17, 15) is 0 Å². The Bertz CT molecular complexity index is 600. The topological polar surface area (TPSA) is 52.1 Å². The molecule has 2 fully saturated rings. The van der Waals surface area contributed by atoms with Gasteiger partial charge in [0.1, 0.15) is 0 Å². The van der Waals surface area contributed by atoms with Gasteiger partial charge in [0.05, 0.1) is 19.8 Å². The van der Waals surface area contributed by atoms with Gasteiger partial charge in [0, 0.05) is 50.0 Å². The Balaban J connectivity index is 0.00000280. The van der Waals surface area contributed by atoms with Gasteiger partial charge in [-0.05, 0) is 39.3 Å². The summed E-state index contributed by atoms with van der Waals surface area (Å²) in [4.78, 5) is 9.82. The highest BCUT2D eigenvalue weighted by Gasteiger charge is 2.25. The highest BCUT2D eigenvalue weighted by Crippen LogP contribution is 2.19. The molecular weight excluding hydrogens is 465 g/mol. The Morgan fingerprint density at radius 1 is 1.29 bits per heavy atom. The average molecular weight is 501 g/mol. The molecule has 28 heavy (non-hydrogen) atoms. The molecule has 0 radical (unpaired) electrons. The van der Waals surface area contributed by atoms with Crippen molar-refractivity contribution in [3.63, 3.8) is 0 Å². The maximum absolute atomic E-state index is 5.55. The first kappa shape index (κ1) is 23.2. The number of anilines is 1. The Morgan fingerprint density at radius 3 is 2.79 bits per heavy atom. The number of aliphatic imine (C=N–C) groups is 1. The van der Waals surface area contributed by atoms with Gasteiger partial charge in [-0.25, -0.2) is 0 Å². The average Bonchev–Trinajstić information content (AvgIpc) is 3.16. The van der Waals surface area contributed by atoms with E-state index in [1.165, 1.54) is 5.69 Å². The summed E-state index contributed by atoms with van der Waals surface area (Å²) in [5, 5.41) is 7.05. The molecule has 0 aliphatic carbocycles. The summed E-state index contributed by atoms with van der Waals surface area (Å²) in [6, 6.07) is 12.0. The molecule has 2 saturated heterocycles. The molecule has 0 aromatic heterocycles. The lowest BCUT2D eigenvalue weighted by molar-refractivity contribution is -0.0165. The van der Waals surface area contributed by atoms with Gasteiger partial charge in [-0.3, -0.25) is 9.89 Å². The quantitative estimate of drug-likeness (QED) is 0.357. The molecule has 0 bridgehead atoms. The maximum Gasteiger partial charge on any atom is 0.191 e. The predicted octanol–water partition coefficient (Wildman–Crippen LogP) is 2.55. The molecule has 0 saturated carbocycles. The molecule has 7 heteroatoms. The molecule has 2 N–H and O–H groups in total. The highest BCUT2D eigenvalue weighted by molar-refractivity contribution is 14.0. The van der Waals surface area contributed by atoms with Crippen LogP contribution in [0, 0.1) is 0 Å². The third kappa shape index (κ3) is 6.49. The Morgan fingerprint density at radius 2 is 2.07 bits per heavy atom.